The molecule has 1 aliphatic heterocycles. The van der Waals surface area contributed by atoms with Crippen LogP contribution < -0.4 is 10.1 Å². The van der Waals surface area contributed by atoms with E-state index in [9.17, 15) is 9.90 Å². The molecule has 0 bridgehead atoms. The summed E-state index contributed by atoms with van der Waals surface area (Å²) in [6, 6.07) is 4.64. The summed E-state index contributed by atoms with van der Waals surface area (Å²) in [5.74, 6) is 0.274. The Morgan fingerprint density at radius 2 is 2.15 bits per heavy atom. The van der Waals surface area contributed by atoms with Crippen LogP contribution in [0.25, 0.3) is 0 Å². The topological polar surface area (TPSA) is 61.8 Å². The van der Waals surface area contributed by atoms with Crippen molar-refractivity contribution in [3.63, 3.8) is 0 Å². The van der Waals surface area contributed by atoms with Crippen molar-refractivity contribution < 1.29 is 14.6 Å². The molecule has 1 amide bonds. The number of nitrogens with zero attached hydrogens (tertiary/aromatic N) is 1. The molecule has 1 aromatic carbocycles. The van der Waals surface area contributed by atoms with Crippen LogP contribution in [0.4, 0.5) is 0 Å². The molecular formula is C15H22N2O3. The van der Waals surface area contributed by atoms with Crippen molar-refractivity contribution >= 4 is 5.91 Å². The average Bonchev–Trinajstić information content (AvgIpc) is 2.97. The van der Waals surface area contributed by atoms with Gasteiger partial charge in [0.1, 0.15) is 11.5 Å². The third-order valence-corrected chi connectivity index (χ3v) is 3.58. The molecule has 1 fully saturated rings. The molecule has 110 valence electrons. The molecule has 0 aliphatic carbocycles. The highest BCUT2D eigenvalue weighted by Crippen LogP contribution is 2.22. The van der Waals surface area contributed by atoms with E-state index in [-0.39, 0.29) is 17.2 Å². The molecular weight excluding hydrogens is 256 g/mol. The van der Waals surface area contributed by atoms with Crippen LogP contribution in [0.5, 0.6) is 11.5 Å². The minimum absolute atomic E-state index is 0.0251. The minimum Gasteiger partial charge on any atom is -0.507 e. The maximum Gasteiger partial charge on any atom is 0.255 e. The van der Waals surface area contributed by atoms with Crippen molar-refractivity contribution in [2.45, 2.75) is 19.3 Å². The highest BCUT2D eigenvalue weighted by atomic mass is 16.5. The first kappa shape index (κ1) is 14.7. The Bertz CT molecular complexity index is 456. The van der Waals surface area contributed by atoms with Crippen molar-refractivity contribution in [2.75, 3.05) is 33.3 Å². The number of methoxy groups -OCH3 is 1. The lowest BCUT2D eigenvalue weighted by atomic mass is 10.1. The predicted molar refractivity (Wildman–Crippen MR) is 77.3 cm³/mol. The standard InChI is InChI=1S/C15H22N2O3/c1-20-12-5-6-14(18)13(11-12)15(19)16-7-4-10-17-8-2-3-9-17/h5-6,11,18H,2-4,7-10H2,1H3,(H,16,19). The maximum absolute atomic E-state index is 12.0. The summed E-state index contributed by atoms with van der Waals surface area (Å²) in [7, 11) is 1.53. The molecule has 1 saturated heterocycles. The Hall–Kier alpha value is -1.75. The van der Waals surface area contributed by atoms with Crippen LogP contribution in [0, 0.1) is 0 Å². The summed E-state index contributed by atoms with van der Waals surface area (Å²) >= 11 is 0. The second-order valence-corrected chi connectivity index (χ2v) is 5.04. The van der Waals surface area contributed by atoms with E-state index in [2.05, 4.69) is 10.2 Å². The maximum atomic E-state index is 12.0. The first-order chi connectivity index (χ1) is 9.70. The molecule has 20 heavy (non-hydrogen) atoms. The number of amides is 1. The van der Waals surface area contributed by atoms with Crippen LogP contribution in [-0.4, -0.2) is 49.2 Å². The van der Waals surface area contributed by atoms with Gasteiger partial charge in [-0.15, -0.1) is 0 Å². The van der Waals surface area contributed by atoms with Gasteiger partial charge in [-0.25, -0.2) is 0 Å². The Labute approximate surface area is 119 Å². The lowest BCUT2D eigenvalue weighted by Crippen LogP contribution is -2.28. The Balaban J connectivity index is 1.79. The monoisotopic (exact) mass is 278 g/mol. The third kappa shape index (κ3) is 3.87. The van der Waals surface area contributed by atoms with Crippen molar-refractivity contribution in [3.8, 4) is 11.5 Å². The second-order valence-electron chi connectivity index (χ2n) is 5.04. The van der Waals surface area contributed by atoms with Gasteiger partial charge in [0, 0.05) is 6.54 Å². The fourth-order valence-electron chi connectivity index (χ4n) is 2.43. The van der Waals surface area contributed by atoms with Crippen molar-refractivity contribution in [1.82, 2.24) is 10.2 Å². The first-order valence-electron chi connectivity index (χ1n) is 7.08. The van der Waals surface area contributed by atoms with Crippen molar-refractivity contribution in [2.24, 2.45) is 0 Å². The Morgan fingerprint density at radius 3 is 2.85 bits per heavy atom. The van der Waals surface area contributed by atoms with Gasteiger partial charge in [-0.3, -0.25) is 4.79 Å². The van der Waals surface area contributed by atoms with Gasteiger partial charge < -0.3 is 20.1 Å². The molecule has 5 heteroatoms. The summed E-state index contributed by atoms with van der Waals surface area (Å²) in [6.07, 6.45) is 3.49. The van der Waals surface area contributed by atoms with E-state index < -0.39 is 0 Å². The van der Waals surface area contributed by atoms with E-state index in [4.69, 9.17) is 4.74 Å². The molecule has 5 nitrogen and oxygen atoms in total. The number of phenolic OH excluding ortho intramolecular Hbond substituents is 1. The molecule has 1 heterocycles. The number of carbonyl (C=O) groups is 1. The van der Waals surface area contributed by atoms with E-state index in [1.165, 1.54) is 39.1 Å². The number of hydrogen-bond donors (Lipinski definition) is 2. The highest BCUT2D eigenvalue weighted by Gasteiger charge is 2.13. The Kier molecular flexibility index (Phi) is 5.24. The largest absolute Gasteiger partial charge is 0.507 e. The quantitative estimate of drug-likeness (QED) is 0.776. The average molecular weight is 278 g/mol. The molecule has 0 unspecified atom stereocenters. The molecule has 1 aromatic rings. The fourth-order valence-corrected chi connectivity index (χ4v) is 2.43. The van der Waals surface area contributed by atoms with Gasteiger partial charge >= 0.3 is 0 Å². The Morgan fingerprint density at radius 1 is 1.40 bits per heavy atom. The van der Waals surface area contributed by atoms with Crippen molar-refractivity contribution in [1.29, 1.82) is 0 Å². The molecule has 2 rings (SSSR count). The number of hydrogen-bond acceptors (Lipinski definition) is 4. The van der Waals surface area contributed by atoms with Gasteiger partial charge in [0.15, 0.2) is 0 Å². The zero-order valence-corrected chi connectivity index (χ0v) is 11.9. The van der Waals surface area contributed by atoms with Gasteiger partial charge in [-0.05, 0) is 57.1 Å². The van der Waals surface area contributed by atoms with Gasteiger partial charge in [0.2, 0.25) is 0 Å². The normalized spacial score (nSPS) is 15.2. The third-order valence-electron chi connectivity index (χ3n) is 3.58. The van der Waals surface area contributed by atoms with E-state index in [1.54, 1.807) is 12.1 Å². The smallest absolute Gasteiger partial charge is 0.255 e. The van der Waals surface area contributed by atoms with Crippen LogP contribution in [0.2, 0.25) is 0 Å². The molecule has 1 aliphatic rings. The zero-order chi connectivity index (χ0) is 14.4. The molecule has 0 radical (unpaired) electrons. The molecule has 0 saturated carbocycles. The summed E-state index contributed by atoms with van der Waals surface area (Å²) in [5, 5.41) is 12.5. The fraction of sp³-hybridized carbons (Fsp3) is 0.533. The lowest BCUT2D eigenvalue weighted by molar-refractivity contribution is 0.0949. The van der Waals surface area contributed by atoms with Crippen LogP contribution >= 0.6 is 0 Å². The molecule has 2 N–H and O–H groups in total. The van der Waals surface area contributed by atoms with Crippen molar-refractivity contribution in [3.05, 3.63) is 23.8 Å². The number of phenols is 1. The summed E-state index contributed by atoms with van der Waals surface area (Å²) < 4.78 is 5.06. The predicted octanol–water partition coefficient (Wildman–Crippen LogP) is 1.62. The molecule has 0 aromatic heterocycles. The number of carbonyl (C=O) groups excluding carboxylic acids is 1. The number of nitrogens with one attached hydrogen (secondary N) is 1. The number of benzene rings is 1. The summed E-state index contributed by atoms with van der Waals surface area (Å²) in [6.45, 7) is 3.98. The first-order valence-corrected chi connectivity index (χ1v) is 7.08. The van der Waals surface area contributed by atoms with Crippen LogP contribution in [0.3, 0.4) is 0 Å². The van der Waals surface area contributed by atoms with Gasteiger partial charge in [-0.1, -0.05) is 0 Å². The SMILES string of the molecule is COc1ccc(O)c(C(=O)NCCCN2CCCC2)c1. The number of likely N-dealkylation sites (tertiary alicyclic amines) is 1. The molecule has 0 atom stereocenters. The van der Waals surface area contributed by atoms with E-state index in [0.29, 0.717) is 12.3 Å². The van der Waals surface area contributed by atoms with Gasteiger partial charge in [0.25, 0.3) is 5.91 Å². The summed E-state index contributed by atoms with van der Waals surface area (Å²) in [5.41, 5.74) is 0.255. The second kappa shape index (κ2) is 7.14. The van der Waals surface area contributed by atoms with Crippen LogP contribution in [0.1, 0.15) is 29.6 Å². The van der Waals surface area contributed by atoms with E-state index >= 15 is 0 Å². The van der Waals surface area contributed by atoms with Crippen LogP contribution in [0.15, 0.2) is 18.2 Å². The van der Waals surface area contributed by atoms with E-state index in [0.717, 1.165) is 13.0 Å². The summed E-state index contributed by atoms with van der Waals surface area (Å²) in [4.78, 5) is 14.4. The minimum atomic E-state index is -0.261. The van der Waals surface area contributed by atoms with E-state index in [1.807, 2.05) is 0 Å². The number of aromatic hydroxyl groups is 1. The number of ether oxygens (including phenoxy) is 1. The lowest BCUT2D eigenvalue weighted by Gasteiger charge is -2.14. The number of rotatable bonds is 6. The molecule has 0 spiro atoms. The van der Waals surface area contributed by atoms with Gasteiger partial charge in [0.05, 0.1) is 12.7 Å². The highest BCUT2D eigenvalue weighted by molar-refractivity contribution is 5.97. The van der Waals surface area contributed by atoms with Gasteiger partial charge in [-0.2, -0.15) is 0 Å². The van der Waals surface area contributed by atoms with Crippen LogP contribution in [-0.2, 0) is 0 Å². The zero-order valence-electron chi connectivity index (χ0n) is 11.9.